The van der Waals surface area contributed by atoms with Gasteiger partial charge < -0.3 is 14.8 Å². The molecule has 1 aromatic carbocycles. The van der Waals surface area contributed by atoms with Gasteiger partial charge in [-0.3, -0.25) is 0 Å². The van der Waals surface area contributed by atoms with Crippen molar-refractivity contribution >= 4 is 0 Å². The number of hydrogen-bond acceptors (Lipinski definition) is 3. The van der Waals surface area contributed by atoms with Crippen LogP contribution in [0.5, 0.6) is 5.75 Å². The predicted molar refractivity (Wildman–Crippen MR) is 75.2 cm³/mol. The molecule has 18 heavy (non-hydrogen) atoms. The minimum Gasteiger partial charge on any atom is -0.497 e. The van der Waals surface area contributed by atoms with Crippen molar-refractivity contribution in [3.8, 4) is 5.75 Å². The van der Waals surface area contributed by atoms with Crippen molar-refractivity contribution < 1.29 is 9.47 Å². The molecule has 0 bridgehead atoms. The smallest absolute Gasteiger partial charge is 0.119 e. The van der Waals surface area contributed by atoms with Crippen molar-refractivity contribution in [2.75, 3.05) is 34.4 Å². The first-order valence-corrected chi connectivity index (χ1v) is 6.47. The highest BCUT2D eigenvalue weighted by molar-refractivity contribution is 5.28. The number of ether oxygens (including phenoxy) is 2. The van der Waals surface area contributed by atoms with Gasteiger partial charge in [0.2, 0.25) is 0 Å². The fourth-order valence-corrected chi connectivity index (χ4v) is 2.24. The van der Waals surface area contributed by atoms with E-state index in [1.54, 1.807) is 14.2 Å². The van der Waals surface area contributed by atoms with Crippen LogP contribution in [0.3, 0.4) is 0 Å². The van der Waals surface area contributed by atoms with E-state index >= 15 is 0 Å². The Balaban J connectivity index is 2.69. The van der Waals surface area contributed by atoms with Gasteiger partial charge in [0.05, 0.1) is 7.11 Å². The molecule has 2 atom stereocenters. The van der Waals surface area contributed by atoms with Crippen molar-refractivity contribution in [3.05, 3.63) is 29.8 Å². The molecule has 0 aliphatic rings. The zero-order valence-corrected chi connectivity index (χ0v) is 11.9. The zero-order chi connectivity index (χ0) is 13.4. The minimum atomic E-state index is 0.536. The lowest BCUT2D eigenvalue weighted by Gasteiger charge is -2.23. The molecule has 3 nitrogen and oxygen atoms in total. The third-order valence-corrected chi connectivity index (χ3v) is 3.33. The van der Waals surface area contributed by atoms with Crippen molar-refractivity contribution in [1.82, 2.24) is 5.32 Å². The van der Waals surface area contributed by atoms with Crippen LogP contribution in [0.2, 0.25) is 0 Å². The van der Waals surface area contributed by atoms with E-state index in [-0.39, 0.29) is 0 Å². The maximum atomic E-state index is 5.26. The Labute approximate surface area is 110 Å². The Morgan fingerprint density at radius 3 is 2.67 bits per heavy atom. The third kappa shape index (κ3) is 4.67. The van der Waals surface area contributed by atoms with Crippen LogP contribution in [0, 0.1) is 11.8 Å². The van der Waals surface area contributed by atoms with Crippen molar-refractivity contribution in [1.29, 1.82) is 0 Å². The molecule has 2 unspecified atom stereocenters. The number of nitrogens with one attached hydrogen (secondary N) is 1. The molecule has 1 aromatic rings. The molecular formula is C15H25NO2. The summed E-state index contributed by atoms with van der Waals surface area (Å²) in [7, 11) is 5.47. The number of rotatable bonds is 8. The van der Waals surface area contributed by atoms with Crippen LogP contribution in [0.15, 0.2) is 24.3 Å². The summed E-state index contributed by atoms with van der Waals surface area (Å²) in [4.78, 5) is 0. The van der Waals surface area contributed by atoms with E-state index in [0.29, 0.717) is 11.8 Å². The molecule has 0 aliphatic carbocycles. The van der Waals surface area contributed by atoms with Gasteiger partial charge in [-0.05, 0) is 49.5 Å². The third-order valence-electron chi connectivity index (χ3n) is 3.33. The Morgan fingerprint density at radius 2 is 2.06 bits per heavy atom. The molecule has 0 aromatic heterocycles. The van der Waals surface area contributed by atoms with Crippen LogP contribution >= 0.6 is 0 Å². The zero-order valence-electron chi connectivity index (χ0n) is 11.9. The van der Waals surface area contributed by atoms with Crippen LogP contribution in [0.1, 0.15) is 12.5 Å². The van der Waals surface area contributed by atoms with E-state index < -0.39 is 0 Å². The van der Waals surface area contributed by atoms with Gasteiger partial charge in [0, 0.05) is 13.7 Å². The highest BCUT2D eigenvalue weighted by Crippen LogP contribution is 2.20. The Kier molecular flexibility index (Phi) is 6.76. The van der Waals surface area contributed by atoms with Crippen molar-refractivity contribution in [2.24, 2.45) is 11.8 Å². The fourth-order valence-electron chi connectivity index (χ4n) is 2.24. The molecule has 102 valence electrons. The van der Waals surface area contributed by atoms with Crippen LogP contribution in [-0.4, -0.2) is 34.4 Å². The Hall–Kier alpha value is -1.06. The second-order valence-electron chi connectivity index (χ2n) is 4.81. The summed E-state index contributed by atoms with van der Waals surface area (Å²) >= 11 is 0. The first-order valence-electron chi connectivity index (χ1n) is 6.47. The van der Waals surface area contributed by atoms with Crippen LogP contribution < -0.4 is 10.1 Å². The summed E-state index contributed by atoms with van der Waals surface area (Å²) in [5.74, 6) is 2.03. The SMILES string of the molecule is CNCC(Cc1cccc(OC)c1)C(C)COC. The summed E-state index contributed by atoms with van der Waals surface area (Å²) in [5.41, 5.74) is 1.32. The van der Waals surface area contributed by atoms with Crippen LogP contribution in [0.4, 0.5) is 0 Å². The molecule has 3 heteroatoms. The summed E-state index contributed by atoms with van der Waals surface area (Å²) in [6.07, 6.45) is 1.04. The standard InChI is InChI=1S/C15H25NO2/c1-12(11-17-3)14(10-16-2)8-13-6-5-7-15(9-13)18-4/h5-7,9,12,14,16H,8,10-11H2,1-4H3. The largest absolute Gasteiger partial charge is 0.497 e. The van der Waals surface area contributed by atoms with E-state index in [2.05, 4.69) is 24.4 Å². The van der Waals surface area contributed by atoms with E-state index in [1.165, 1.54) is 5.56 Å². The minimum absolute atomic E-state index is 0.536. The average Bonchev–Trinajstić information content (AvgIpc) is 2.39. The van der Waals surface area contributed by atoms with E-state index in [0.717, 1.165) is 25.3 Å². The van der Waals surface area contributed by atoms with Crippen LogP contribution in [0.25, 0.3) is 0 Å². The maximum Gasteiger partial charge on any atom is 0.119 e. The molecule has 0 saturated heterocycles. The first-order chi connectivity index (χ1) is 8.71. The second kappa shape index (κ2) is 8.11. The van der Waals surface area contributed by atoms with E-state index in [4.69, 9.17) is 9.47 Å². The fraction of sp³-hybridized carbons (Fsp3) is 0.600. The molecule has 0 amide bonds. The molecule has 0 heterocycles. The lowest BCUT2D eigenvalue weighted by atomic mass is 9.88. The maximum absolute atomic E-state index is 5.26. The monoisotopic (exact) mass is 251 g/mol. The molecule has 0 spiro atoms. The molecule has 0 radical (unpaired) electrons. The average molecular weight is 251 g/mol. The lowest BCUT2D eigenvalue weighted by Crippen LogP contribution is -2.28. The van der Waals surface area contributed by atoms with Gasteiger partial charge in [0.1, 0.15) is 5.75 Å². The first kappa shape index (κ1) is 15.0. The highest BCUT2D eigenvalue weighted by atomic mass is 16.5. The Morgan fingerprint density at radius 1 is 1.28 bits per heavy atom. The Bertz CT molecular complexity index is 341. The molecule has 1 N–H and O–H groups in total. The summed E-state index contributed by atoms with van der Waals surface area (Å²) in [6.45, 7) is 4.05. The number of methoxy groups -OCH3 is 2. The van der Waals surface area contributed by atoms with Gasteiger partial charge in [0.25, 0.3) is 0 Å². The summed E-state index contributed by atoms with van der Waals surface area (Å²) in [5, 5.41) is 3.27. The van der Waals surface area contributed by atoms with Crippen molar-refractivity contribution in [3.63, 3.8) is 0 Å². The highest BCUT2D eigenvalue weighted by Gasteiger charge is 2.17. The van der Waals surface area contributed by atoms with Crippen molar-refractivity contribution in [2.45, 2.75) is 13.3 Å². The van der Waals surface area contributed by atoms with Crippen LogP contribution in [-0.2, 0) is 11.2 Å². The van der Waals surface area contributed by atoms with Gasteiger partial charge in [-0.1, -0.05) is 19.1 Å². The van der Waals surface area contributed by atoms with Gasteiger partial charge in [0.15, 0.2) is 0 Å². The number of hydrogen-bond donors (Lipinski definition) is 1. The molecule has 1 rings (SSSR count). The second-order valence-corrected chi connectivity index (χ2v) is 4.81. The normalized spacial score (nSPS) is 14.2. The molecular weight excluding hydrogens is 226 g/mol. The summed E-state index contributed by atoms with van der Waals surface area (Å²) in [6, 6.07) is 8.30. The van der Waals surface area contributed by atoms with Gasteiger partial charge in [-0.15, -0.1) is 0 Å². The molecule has 0 fully saturated rings. The van der Waals surface area contributed by atoms with Gasteiger partial charge in [-0.2, -0.15) is 0 Å². The van der Waals surface area contributed by atoms with E-state index in [1.807, 2.05) is 19.2 Å². The molecule has 0 aliphatic heterocycles. The summed E-state index contributed by atoms with van der Waals surface area (Å²) < 4.78 is 10.5. The molecule has 0 saturated carbocycles. The predicted octanol–water partition coefficient (Wildman–Crippen LogP) is 2.36. The lowest BCUT2D eigenvalue weighted by molar-refractivity contribution is 0.129. The quantitative estimate of drug-likeness (QED) is 0.769. The number of benzene rings is 1. The van der Waals surface area contributed by atoms with Gasteiger partial charge >= 0.3 is 0 Å². The topological polar surface area (TPSA) is 30.5 Å². The van der Waals surface area contributed by atoms with E-state index in [9.17, 15) is 0 Å². The van der Waals surface area contributed by atoms with Gasteiger partial charge in [-0.25, -0.2) is 0 Å².